The van der Waals surface area contributed by atoms with E-state index in [4.69, 9.17) is 5.84 Å². The zero-order valence-corrected chi connectivity index (χ0v) is 10.5. The van der Waals surface area contributed by atoms with Gasteiger partial charge in [-0.25, -0.2) is 5.84 Å². The highest BCUT2D eigenvalue weighted by Gasteiger charge is 2.03. The van der Waals surface area contributed by atoms with Gasteiger partial charge >= 0.3 is 0 Å². The predicted molar refractivity (Wildman–Crippen MR) is 65.7 cm³/mol. The van der Waals surface area contributed by atoms with E-state index in [1.165, 1.54) is 0 Å². The summed E-state index contributed by atoms with van der Waals surface area (Å²) in [5, 5.41) is 0. The van der Waals surface area contributed by atoms with Gasteiger partial charge in [0, 0.05) is 26.7 Å². The molecule has 0 rings (SSSR count). The quantitative estimate of drug-likeness (QED) is 0.217. The van der Waals surface area contributed by atoms with Gasteiger partial charge in [0.25, 0.3) is 0 Å². The predicted octanol–water partition coefficient (Wildman–Crippen LogP) is 0.0992. The van der Waals surface area contributed by atoms with E-state index in [-0.39, 0.29) is 0 Å². The molecule has 0 saturated heterocycles. The number of nitrogens with one attached hydrogen (secondary N) is 1. The van der Waals surface area contributed by atoms with Crippen LogP contribution in [0.2, 0.25) is 0 Å². The van der Waals surface area contributed by atoms with Gasteiger partial charge in [0.1, 0.15) is 0 Å². The summed E-state index contributed by atoms with van der Waals surface area (Å²) < 4.78 is 0. The fourth-order valence-electron chi connectivity index (χ4n) is 1.08. The largest absolute Gasteiger partial charge is 0.344 e. The standard InChI is InChI=1S/C10H25N5/c1-5-6-7-12-10(13-11)15(4)9-8-14(2)3/h5-9,11H2,1-4H3,(H,12,13). The van der Waals surface area contributed by atoms with Crippen LogP contribution in [0.25, 0.3) is 0 Å². The van der Waals surface area contributed by atoms with Gasteiger partial charge in [0.15, 0.2) is 0 Å². The number of hydrogen-bond donors (Lipinski definition) is 2. The first-order valence-electron chi connectivity index (χ1n) is 5.48. The molecule has 0 aliphatic heterocycles. The molecule has 0 saturated carbocycles. The molecule has 0 aliphatic rings. The van der Waals surface area contributed by atoms with Crippen molar-refractivity contribution in [1.82, 2.24) is 15.2 Å². The molecule has 0 aliphatic carbocycles. The van der Waals surface area contributed by atoms with Crippen molar-refractivity contribution in [2.24, 2.45) is 10.8 Å². The van der Waals surface area contributed by atoms with Crippen LogP contribution < -0.4 is 11.3 Å². The van der Waals surface area contributed by atoms with Crippen molar-refractivity contribution in [1.29, 1.82) is 0 Å². The van der Waals surface area contributed by atoms with Crippen molar-refractivity contribution < 1.29 is 0 Å². The van der Waals surface area contributed by atoms with Crippen molar-refractivity contribution >= 4 is 5.96 Å². The number of guanidine groups is 1. The second-order valence-corrected chi connectivity index (χ2v) is 3.93. The van der Waals surface area contributed by atoms with Crippen LogP contribution in [-0.4, -0.2) is 56.5 Å². The van der Waals surface area contributed by atoms with Crippen LogP contribution in [0, 0.1) is 0 Å². The minimum atomic E-state index is 0.769. The Labute approximate surface area is 93.3 Å². The Morgan fingerprint density at radius 2 is 1.93 bits per heavy atom. The molecule has 0 atom stereocenters. The molecule has 3 N–H and O–H groups in total. The number of rotatable bonds is 6. The molecule has 5 heteroatoms. The lowest BCUT2D eigenvalue weighted by Crippen LogP contribution is -2.45. The van der Waals surface area contributed by atoms with Crippen LogP contribution >= 0.6 is 0 Å². The van der Waals surface area contributed by atoms with E-state index in [1.54, 1.807) is 0 Å². The molecule has 5 nitrogen and oxygen atoms in total. The Morgan fingerprint density at radius 1 is 1.27 bits per heavy atom. The van der Waals surface area contributed by atoms with Gasteiger partial charge in [-0.1, -0.05) is 13.3 Å². The third-order valence-electron chi connectivity index (χ3n) is 2.15. The Bertz CT molecular complexity index is 179. The highest BCUT2D eigenvalue weighted by molar-refractivity contribution is 5.79. The second-order valence-electron chi connectivity index (χ2n) is 3.93. The van der Waals surface area contributed by atoms with Gasteiger partial charge in [-0.05, 0) is 20.5 Å². The molecule has 0 amide bonds. The first-order valence-corrected chi connectivity index (χ1v) is 5.48. The van der Waals surface area contributed by atoms with Crippen molar-refractivity contribution in [3.63, 3.8) is 0 Å². The van der Waals surface area contributed by atoms with Crippen LogP contribution in [0.3, 0.4) is 0 Å². The summed E-state index contributed by atoms with van der Waals surface area (Å²) in [5.41, 5.74) is 2.64. The maximum absolute atomic E-state index is 5.43. The average Bonchev–Trinajstić information content (AvgIpc) is 2.21. The molecule has 0 aromatic heterocycles. The number of aliphatic imine (C=N–C) groups is 1. The van der Waals surface area contributed by atoms with E-state index in [0.29, 0.717) is 0 Å². The van der Waals surface area contributed by atoms with E-state index in [9.17, 15) is 0 Å². The second kappa shape index (κ2) is 8.49. The molecular weight excluding hydrogens is 190 g/mol. The van der Waals surface area contributed by atoms with Crippen molar-refractivity contribution in [3.05, 3.63) is 0 Å². The molecule has 0 spiro atoms. The Balaban J connectivity index is 3.97. The number of likely N-dealkylation sites (N-methyl/N-ethyl adjacent to an activating group) is 2. The van der Waals surface area contributed by atoms with Crippen LogP contribution in [0.5, 0.6) is 0 Å². The summed E-state index contributed by atoms with van der Waals surface area (Å²) in [5.74, 6) is 6.20. The van der Waals surface area contributed by atoms with Crippen LogP contribution in [-0.2, 0) is 0 Å². The molecule has 0 aromatic rings. The van der Waals surface area contributed by atoms with E-state index in [2.05, 4.69) is 36.3 Å². The molecule has 15 heavy (non-hydrogen) atoms. The summed E-state index contributed by atoms with van der Waals surface area (Å²) in [6, 6.07) is 0. The number of unbranched alkanes of at least 4 members (excludes halogenated alkanes) is 1. The summed E-state index contributed by atoms with van der Waals surface area (Å²) in [4.78, 5) is 8.57. The average molecular weight is 215 g/mol. The molecule has 0 heterocycles. The monoisotopic (exact) mass is 215 g/mol. The zero-order chi connectivity index (χ0) is 11.7. The topological polar surface area (TPSA) is 56.9 Å². The lowest BCUT2D eigenvalue weighted by Gasteiger charge is -2.22. The first kappa shape index (κ1) is 14.2. The van der Waals surface area contributed by atoms with Crippen molar-refractivity contribution in [2.75, 3.05) is 40.8 Å². The zero-order valence-electron chi connectivity index (χ0n) is 10.5. The fraction of sp³-hybridized carbons (Fsp3) is 0.900. The van der Waals surface area contributed by atoms with Gasteiger partial charge in [-0.2, -0.15) is 0 Å². The summed E-state index contributed by atoms with van der Waals surface area (Å²) in [6.45, 7) is 4.90. The van der Waals surface area contributed by atoms with Crippen LogP contribution in [0.15, 0.2) is 4.99 Å². The smallest absolute Gasteiger partial charge is 0.208 e. The Kier molecular flexibility index (Phi) is 8.04. The lowest BCUT2D eigenvalue weighted by atomic mass is 10.3. The third kappa shape index (κ3) is 7.16. The van der Waals surface area contributed by atoms with Crippen molar-refractivity contribution in [3.8, 4) is 0 Å². The molecule has 0 bridgehead atoms. The minimum Gasteiger partial charge on any atom is -0.344 e. The minimum absolute atomic E-state index is 0.769. The maximum atomic E-state index is 5.43. The third-order valence-corrected chi connectivity index (χ3v) is 2.15. The molecule has 0 unspecified atom stereocenters. The van der Waals surface area contributed by atoms with Crippen LogP contribution in [0.1, 0.15) is 19.8 Å². The number of nitrogens with zero attached hydrogens (tertiary/aromatic N) is 3. The number of hydrazine groups is 1. The van der Waals surface area contributed by atoms with Gasteiger partial charge in [0.2, 0.25) is 5.96 Å². The normalized spacial score (nSPS) is 12.0. The van der Waals surface area contributed by atoms with E-state index in [1.807, 2.05) is 11.9 Å². The highest BCUT2D eigenvalue weighted by atomic mass is 15.4. The summed E-state index contributed by atoms with van der Waals surface area (Å²) in [7, 11) is 6.10. The molecule has 0 aromatic carbocycles. The van der Waals surface area contributed by atoms with Gasteiger partial charge in [-0.15, -0.1) is 0 Å². The lowest BCUT2D eigenvalue weighted by molar-refractivity contribution is 0.351. The van der Waals surface area contributed by atoms with Gasteiger partial charge in [0.05, 0.1) is 0 Å². The Hall–Kier alpha value is -0.810. The first-order chi connectivity index (χ1) is 7.11. The fourth-order valence-corrected chi connectivity index (χ4v) is 1.08. The van der Waals surface area contributed by atoms with Gasteiger partial charge in [-0.3, -0.25) is 10.4 Å². The summed E-state index contributed by atoms with van der Waals surface area (Å²) in [6.07, 6.45) is 2.26. The van der Waals surface area contributed by atoms with E-state index in [0.717, 1.165) is 38.4 Å². The molecule has 0 fully saturated rings. The molecule has 0 radical (unpaired) electrons. The van der Waals surface area contributed by atoms with E-state index >= 15 is 0 Å². The SMILES string of the molecule is CCCCN=C(NN)N(C)CCN(C)C. The van der Waals surface area contributed by atoms with Crippen LogP contribution in [0.4, 0.5) is 0 Å². The molecular formula is C10H25N5. The van der Waals surface area contributed by atoms with E-state index < -0.39 is 0 Å². The molecule has 90 valence electrons. The summed E-state index contributed by atoms with van der Waals surface area (Å²) >= 11 is 0. The van der Waals surface area contributed by atoms with Crippen molar-refractivity contribution in [2.45, 2.75) is 19.8 Å². The van der Waals surface area contributed by atoms with Gasteiger partial charge < -0.3 is 9.80 Å². The number of nitrogens with two attached hydrogens (primary N) is 1. The Morgan fingerprint density at radius 3 is 2.40 bits per heavy atom. The number of hydrogen-bond acceptors (Lipinski definition) is 3. The maximum Gasteiger partial charge on any atom is 0.208 e. The highest BCUT2D eigenvalue weighted by Crippen LogP contribution is 1.90.